The summed E-state index contributed by atoms with van der Waals surface area (Å²) in [6, 6.07) is 1.94. The summed E-state index contributed by atoms with van der Waals surface area (Å²) in [6.45, 7) is 7.50. The first-order valence-electron chi connectivity index (χ1n) is 10.5. The Morgan fingerprint density at radius 2 is 2.20 bits per heavy atom. The summed E-state index contributed by atoms with van der Waals surface area (Å²) in [6.07, 6.45) is 6.73. The van der Waals surface area contributed by atoms with Crippen molar-refractivity contribution in [1.29, 1.82) is 0 Å². The maximum Gasteiger partial charge on any atom is 0.276 e. The van der Waals surface area contributed by atoms with Crippen molar-refractivity contribution in [2.24, 2.45) is 5.92 Å². The zero-order chi connectivity index (χ0) is 21.1. The molecule has 3 unspecified atom stereocenters. The first kappa shape index (κ1) is 20.6. The van der Waals surface area contributed by atoms with Crippen LogP contribution in [-0.2, 0) is 11.3 Å². The topological polar surface area (TPSA) is 101 Å². The number of imidazole rings is 1. The Balaban J connectivity index is 1.61. The van der Waals surface area contributed by atoms with Crippen molar-refractivity contribution in [1.82, 2.24) is 34.4 Å². The van der Waals surface area contributed by atoms with Gasteiger partial charge < -0.3 is 9.72 Å². The van der Waals surface area contributed by atoms with Crippen molar-refractivity contribution in [2.75, 3.05) is 26.8 Å². The van der Waals surface area contributed by atoms with Crippen molar-refractivity contribution in [3.8, 4) is 0 Å². The fourth-order valence-corrected chi connectivity index (χ4v) is 4.35. The first-order valence-corrected chi connectivity index (χ1v) is 10.5. The van der Waals surface area contributed by atoms with E-state index in [1.807, 2.05) is 6.07 Å². The molecule has 9 nitrogen and oxygen atoms in total. The average Bonchev–Trinajstić information content (AvgIpc) is 3.33. The second-order valence-corrected chi connectivity index (χ2v) is 8.12. The van der Waals surface area contributed by atoms with Gasteiger partial charge in [0.25, 0.3) is 5.56 Å². The molecule has 9 heteroatoms. The highest BCUT2D eigenvalue weighted by Crippen LogP contribution is 2.31. The maximum absolute atomic E-state index is 12.8. The predicted octanol–water partition coefficient (Wildman–Crippen LogP) is 1.97. The van der Waals surface area contributed by atoms with E-state index in [-0.39, 0.29) is 17.4 Å². The maximum atomic E-state index is 12.8. The summed E-state index contributed by atoms with van der Waals surface area (Å²) in [5.41, 5.74) is 1.35. The molecule has 0 spiro atoms. The van der Waals surface area contributed by atoms with Crippen molar-refractivity contribution in [3.05, 3.63) is 52.5 Å². The monoisotopic (exact) mass is 411 g/mol. The number of fused-ring (bicyclic) bond motifs is 1. The highest BCUT2D eigenvalue weighted by molar-refractivity contribution is 5.42. The number of hydrogen-bond donors (Lipinski definition) is 1. The summed E-state index contributed by atoms with van der Waals surface area (Å²) in [4.78, 5) is 31.0. The second kappa shape index (κ2) is 9.01. The van der Waals surface area contributed by atoms with E-state index >= 15 is 0 Å². The number of methoxy groups -OCH3 is 1. The summed E-state index contributed by atoms with van der Waals surface area (Å²) >= 11 is 0. The SMILES string of the molecule is CCC(CCOC)c1ncc2c(=O)[nH]c(C3CN(Cc4ccncn4)CC3C)nn12. The number of aromatic amines is 1. The summed E-state index contributed by atoms with van der Waals surface area (Å²) in [5.74, 6) is 2.28. The molecule has 0 radical (unpaired) electrons. The number of rotatable bonds is 8. The van der Waals surface area contributed by atoms with E-state index in [1.165, 1.54) is 0 Å². The molecular formula is C21H29N7O2. The molecule has 1 N–H and O–H groups in total. The predicted molar refractivity (Wildman–Crippen MR) is 112 cm³/mol. The largest absolute Gasteiger partial charge is 0.385 e. The van der Waals surface area contributed by atoms with E-state index in [2.05, 4.69) is 38.7 Å². The van der Waals surface area contributed by atoms with Crippen LogP contribution in [0.1, 0.15) is 55.9 Å². The van der Waals surface area contributed by atoms with Gasteiger partial charge in [-0.25, -0.2) is 19.5 Å². The Morgan fingerprint density at radius 1 is 1.33 bits per heavy atom. The molecule has 3 atom stereocenters. The normalized spacial score (nSPS) is 20.8. The molecule has 0 aromatic carbocycles. The molecule has 1 fully saturated rings. The average molecular weight is 412 g/mol. The molecular weight excluding hydrogens is 382 g/mol. The lowest BCUT2D eigenvalue weighted by atomic mass is 9.97. The van der Waals surface area contributed by atoms with Crippen LogP contribution < -0.4 is 5.56 Å². The smallest absolute Gasteiger partial charge is 0.276 e. The highest BCUT2D eigenvalue weighted by atomic mass is 16.5. The van der Waals surface area contributed by atoms with E-state index in [0.717, 1.165) is 49.8 Å². The number of H-pyrrole nitrogens is 1. The van der Waals surface area contributed by atoms with Gasteiger partial charge in [0.05, 0.1) is 11.9 Å². The summed E-state index contributed by atoms with van der Waals surface area (Å²) in [7, 11) is 1.70. The molecule has 0 amide bonds. The first-order chi connectivity index (χ1) is 14.6. The lowest BCUT2D eigenvalue weighted by Gasteiger charge is -2.16. The summed E-state index contributed by atoms with van der Waals surface area (Å²) < 4.78 is 7.00. The third kappa shape index (κ3) is 4.13. The zero-order valence-corrected chi connectivity index (χ0v) is 17.8. The fraction of sp³-hybridized carbons (Fsp3) is 0.571. The van der Waals surface area contributed by atoms with Crippen molar-refractivity contribution in [2.45, 2.75) is 45.1 Å². The minimum atomic E-state index is -0.137. The van der Waals surface area contributed by atoms with E-state index < -0.39 is 0 Å². The zero-order valence-electron chi connectivity index (χ0n) is 17.8. The molecule has 30 heavy (non-hydrogen) atoms. The fourth-order valence-electron chi connectivity index (χ4n) is 4.35. The number of ether oxygens (including phenoxy) is 1. The van der Waals surface area contributed by atoms with Crippen LogP contribution in [0.15, 0.2) is 29.6 Å². The van der Waals surface area contributed by atoms with Gasteiger partial charge in [0.1, 0.15) is 18.0 Å². The summed E-state index contributed by atoms with van der Waals surface area (Å²) in [5, 5.41) is 4.85. The molecule has 3 aromatic rings. The quantitative estimate of drug-likeness (QED) is 0.605. The van der Waals surface area contributed by atoms with Crippen LogP contribution in [-0.4, -0.2) is 61.3 Å². The van der Waals surface area contributed by atoms with Gasteiger partial charge in [0, 0.05) is 51.4 Å². The van der Waals surface area contributed by atoms with Gasteiger partial charge in [-0.15, -0.1) is 0 Å². The van der Waals surface area contributed by atoms with Gasteiger partial charge in [0.2, 0.25) is 0 Å². The molecule has 1 aliphatic heterocycles. The third-order valence-electron chi connectivity index (χ3n) is 6.04. The minimum Gasteiger partial charge on any atom is -0.385 e. The van der Waals surface area contributed by atoms with Crippen LogP contribution in [0.4, 0.5) is 0 Å². The van der Waals surface area contributed by atoms with Gasteiger partial charge in [0.15, 0.2) is 5.52 Å². The molecule has 3 aromatic heterocycles. The molecule has 1 aliphatic rings. The van der Waals surface area contributed by atoms with E-state index in [9.17, 15) is 4.79 Å². The molecule has 160 valence electrons. The van der Waals surface area contributed by atoms with Crippen molar-refractivity contribution >= 4 is 5.52 Å². The minimum absolute atomic E-state index is 0.137. The van der Waals surface area contributed by atoms with E-state index in [0.29, 0.717) is 18.0 Å². The van der Waals surface area contributed by atoms with Gasteiger partial charge in [-0.1, -0.05) is 13.8 Å². The Bertz CT molecular complexity index is 1030. The Kier molecular flexibility index (Phi) is 6.19. The number of nitrogens with zero attached hydrogens (tertiary/aromatic N) is 6. The molecule has 4 heterocycles. The van der Waals surface area contributed by atoms with E-state index in [1.54, 1.807) is 30.3 Å². The van der Waals surface area contributed by atoms with Gasteiger partial charge in [-0.05, 0) is 24.8 Å². The number of nitrogens with one attached hydrogen (secondary N) is 1. The van der Waals surface area contributed by atoms with Crippen molar-refractivity contribution < 1.29 is 4.74 Å². The third-order valence-corrected chi connectivity index (χ3v) is 6.04. The van der Waals surface area contributed by atoms with Crippen LogP contribution in [0.5, 0.6) is 0 Å². The molecule has 0 saturated carbocycles. The van der Waals surface area contributed by atoms with Gasteiger partial charge in [-0.3, -0.25) is 9.69 Å². The molecule has 0 aliphatic carbocycles. The second-order valence-electron chi connectivity index (χ2n) is 8.12. The highest BCUT2D eigenvalue weighted by Gasteiger charge is 2.33. The Hall–Kier alpha value is -2.65. The molecule has 0 bridgehead atoms. The standard InChI is InChI=1S/C21H29N7O2/c1-4-15(6-8-30-3)20-23-9-18-21(29)25-19(26-28(18)20)17-12-27(10-14(17)2)11-16-5-7-22-13-24-16/h5,7,9,13-15,17H,4,6,8,10-12H2,1-3H3,(H,25,26,29). The Labute approximate surface area is 175 Å². The lowest BCUT2D eigenvalue weighted by molar-refractivity contribution is 0.185. The number of hydrogen-bond acceptors (Lipinski definition) is 7. The van der Waals surface area contributed by atoms with Gasteiger partial charge in [-0.2, -0.15) is 5.10 Å². The number of likely N-dealkylation sites (tertiary alicyclic amines) is 1. The van der Waals surface area contributed by atoms with Crippen LogP contribution >= 0.6 is 0 Å². The van der Waals surface area contributed by atoms with Crippen LogP contribution in [0, 0.1) is 5.92 Å². The molecule has 1 saturated heterocycles. The van der Waals surface area contributed by atoms with Crippen molar-refractivity contribution in [3.63, 3.8) is 0 Å². The van der Waals surface area contributed by atoms with E-state index in [4.69, 9.17) is 9.84 Å². The Morgan fingerprint density at radius 3 is 2.93 bits per heavy atom. The van der Waals surface area contributed by atoms with Crippen LogP contribution in [0.2, 0.25) is 0 Å². The van der Waals surface area contributed by atoms with Gasteiger partial charge >= 0.3 is 0 Å². The molecule has 4 rings (SSSR count). The van der Waals surface area contributed by atoms with Crippen LogP contribution in [0.3, 0.4) is 0 Å². The number of aromatic nitrogens is 6. The van der Waals surface area contributed by atoms with Crippen LogP contribution in [0.25, 0.3) is 5.52 Å². The lowest BCUT2D eigenvalue weighted by Crippen LogP contribution is -2.23.